The smallest absolute Gasteiger partial charge is 0.411 e. The van der Waals surface area contributed by atoms with E-state index in [0.717, 1.165) is 0 Å². The van der Waals surface area contributed by atoms with Gasteiger partial charge in [-0.2, -0.15) is 5.26 Å². The van der Waals surface area contributed by atoms with E-state index >= 15 is 0 Å². The largest absolute Gasteiger partial charge is 0.491 e. The molecule has 0 fully saturated rings. The van der Waals surface area contributed by atoms with Gasteiger partial charge in [0.1, 0.15) is 18.4 Å². The number of carbonyl (C=O) groups excluding carboxylic acids is 2. The van der Waals surface area contributed by atoms with Crippen molar-refractivity contribution in [2.24, 2.45) is 11.7 Å². The lowest BCUT2D eigenvalue weighted by Gasteiger charge is -2.35. The second kappa shape index (κ2) is 9.95. The fourth-order valence-corrected chi connectivity index (χ4v) is 2.46. The zero-order valence-corrected chi connectivity index (χ0v) is 15.1. The number of hydrogen-bond acceptors (Lipinski definition) is 5. The van der Waals surface area contributed by atoms with E-state index < -0.39 is 24.1 Å². The van der Waals surface area contributed by atoms with Crippen LogP contribution in [0.1, 0.15) is 26.3 Å². The third-order valence-corrected chi connectivity index (χ3v) is 3.66. The second-order valence-electron chi connectivity index (χ2n) is 6.05. The van der Waals surface area contributed by atoms with Crippen LogP contribution in [0.4, 0.5) is 4.79 Å². The summed E-state index contributed by atoms with van der Waals surface area (Å²) < 4.78 is 10.7. The maximum absolute atomic E-state index is 12.4. The molecule has 1 unspecified atom stereocenters. The first-order valence-corrected chi connectivity index (χ1v) is 8.12. The van der Waals surface area contributed by atoms with Crippen molar-refractivity contribution in [3.8, 4) is 24.2 Å². The molecule has 7 heteroatoms. The topological polar surface area (TPSA) is 106 Å². The summed E-state index contributed by atoms with van der Waals surface area (Å²) in [5.41, 5.74) is 5.99. The molecule has 2 N–H and O–H groups in total. The minimum Gasteiger partial charge on any atom is -0.491 e. The summed E-state index contributed by atoms with van der Waals surface area (Å²) in [5.74, 6) is 1.89. The molecule has 0 spiro atoms. The molecule has 2 atom stereocenters. The SMILES string of the molecule is C#CCOC(=O)N(C(C)COc1ccc(C#N)cc1)[C@H](C(N)=O)C(C)C. The number of ether oxygens (including phenoxy) is 2. The highest BCUT2D eigenvalue weighted by molar-refractivity contribution is 5.84. The molecule has 0 bridgehead atoms. The Morgan fingerprint density at radius 2 is 1.88 bits per heavy atom. The lowest BCUT2D eigenvalue weighted by molar-refractivity contribution is -0.125. The number of benzene rings is 1. The number of nitrogens with zero attached hydrogens (tertiary/aromatic N) is 2. The predicted molar refractivity (Wildman–Crippen MR) is 96.0 cm³/mol. The van der Waals surface area contributed by atoms with Gasteiger partial charge in [0.2, 0.25) is 5.91 Å². The Balaban J connectivity index is 2.93. The summed E-state index contributed by atoms with van der Waals surface area (Å²) in [6, 6.07) is 7.21. The van der Waals surface area contributed by atoms with Gasteiger partial charge in [0, 0.05) is 0 Å². The van der Waals surface area contributed by atoms with Gasteiger partial charge in [-0.1, -0.05) is 19.8 Å². The van der Waals surface area contributed by atoms with Crippen molar-refractivity contribution in [3.05, 3.63) is 29.8 Å². The zero-order valence-electron chi connectivity index (χ0n) is 15.1. The average molecular weight is 357 g/mol. The van der Waals surface area contributed by atoms with Gasteiger partial charge in [-0.3, -0.25) is 9.69 Å². The van der Waals surface area contributed by atoms with Crippen LogP contribution in [0.2, 0.25) is 0 Å². The monoisotopic (exact) mass is 357 g/mol. The molecule has 0 aromatic heterocycles. The molecule has 1 rings (SSSR count). The number of primary amides is 1. The minimum atomic E-state index is -0.861. The van der Waals surface area contributed by atoms with Crippen LogP contribution in [0, 0.1) is 29.6 Å². The van der Waals surface area contributed by atoms with E-state index in [9.17, 15) is 9.59 Å². The standard InChI is InChI=1S/C19H23N3O4/c1-5-10-25-19(24)22(17(13(2)3)18(21)23)14(4)12-26-16-8-6-15(11-20)7-9-16/h1,6-9,13-14,17H,10,12H2,2-4H3,(H2,21,23)/t14?,17-/m0/s1. The van der Waals surface area contributed by atoms with Gasteiger partial charge in [-0.15, -0.1) is 6.42 Å². The number of terminal acetylenes is 1. The predicted octanol–water partition coefficient (Wildman–Crippen LogP) is 1.91. The first kappa shape index (κ1) is 20.9. The van der Waals surface area contributed by atoms with Gasteiger partial charge >= 0.3 is 6.09 Å². The summed E-state index contributed by atoms with van der Waals surface area (Å²) in [6.07, 6.45) is 4.40. The Morgan fingerprint density at radius 1 is 1.27 bits per heavy atom. The van der Waals surface area contributed by atoms with E-state index in [2.05, 4.69) is 5.92 Å². The number of rotatable bonds is 8. The number of nitrogens with two attached hydrogens (primary N) is 1. The van der Waals surface area contributed by atoms with Gasteiger partial charge in [0.05, 0.1) is 17.7 Å². The molecule has 0 radical (unpaired) electrons. The molecule has 0 aliphatic rings. The summed E-state index contributed by atoms with van der Waals surface area (Å²) in [7, 11) is 0. The molecule has 0 saturated heterocycles. The molecule has 0 saturated carbocycles. The molecule has 138 valence electrons. The van der Waals surface area contributed by atoms with Crippen LogP contribution in [0.25, 0.3) is 0 Å². The van der Waals surface area contributed by atoms with Crippen molar-refractivity contribution < 1.29 is 19.1 Å². The number of carbonyl (C=O) groups is 2. The average Bonchev–Trinajstić information content (AvgIpc) is 2.61. The molecular weight excluding hydrogens is 334 g/mol. The van der Waals surface area contributed by atoms with Crippen LogP contribution in [0.15, 0.2) is 24.3 Å². The van der Waals surface area contributed by atoms with Crippen molar-refractivity contribution >= 4 is 12.0 Å². The minimum absolute atomic E-state index is 0.105. The van der Waals surface area contributed by atoms with E-state index in [1.54, 1.807) is 45.0 Å². The van der Waals surface area contributed by atoms with E-state index in [-0.39, 0.29) is 19.1 Å². The molecule has 7 nitrogen and oxygen atoms in total. The normalized spacial score (nSPS) is 12.4. The van der Waals surface area contributed by atoms with E-state index in [1.165, 1.54) is 4.90 Å². The van der Waals surface area contributed by atoms with Crippen molar-refractivity contribution in [2.75, 3.05) is 13.2 Å². The molecular formula is C19H23N3O4. The van der Waals surface area contributed by atoms with Gasteiger partial charge in [0.15, 0.2) is 6.61 Å². The summed E-state index contributed by atoms with van der Waals surface area (Å²) in [4.78, 5) is 25.5. The third-order valence-electron chi connectivity index (χ3n) is 3.66. The van der Waals surface area contributed by atoms with E-state index in [4.69, 9.17) is 26.9 Å². The lowest BCUT2D eigenvalue weighted by atomic mass is 10.0. The van der Waals surface area contributed by atoms with Crippen LogP contribution in [-0.2, 0) is 9.53 Å². The van der Waals surface area contributed by atoms with Crippen molar-refractivity contribution in [3.63, 3.8) is 0 Å². The van der Waals surface area contributed by atoms with Crippen molar-refractivity contribution in [2.45, 2.75) is 32.9 Å². The van der Waals surface area contributed by atoms with Gasteiger partial charge in [-0.25, -0.2) is 4.79 Å². The van der Waals surface area contributed by atoms with Crippen LogP contribution in [-0.4, -0.2) is 42.2 Å². The lowest BCUT2D eigenvalue weighted by Crippen LogP contribution is -2.56. The molecule has 0 aliphatic heterocycles. The first-order chi connectivity index (χ1) is 12.3. The molecule has 1 aromatic carbocycles. The highest BCUT2D eigenvalue weighted by Gasteiger charge is 2.35. The number of amides is 2. The molecule has 1 aromatic rings. The third kappa shape index (κ3) is 5.71. The summed E-state index contributed by atoms with van der Waals surface area (Å²) >= 11 is 0. The first-order valence-electron chi connectivity index (χ1n) is 8.12. The van der Waals surface area contributed by atoms with E-state index in [1.807, 2.05) is 6.07 Å². The Morgan fingerprint density at radius 3 is 2.35 bits per heavy atom. The number of nitriles is 1. The Kier molecular flexibility index (Phi) is 7.98. The molecule has 0 heterocycles. The Labute approximate surface area is 153 Å². The van der Waals surface area contributed by atoms with Crippen LogP contribution < -0.4 is 10.5 Å². The Bertz CT molecular complexity index is 701. The van der Waals surface area contributed by atoms with Crippen LogP contribution in [0.5, 0.6) is 5.75 Å². The number of hydrogen-bond donors (Lipinski definition) is 1. The maximum Gasteiger partial charge on any atom is 0.411 e. The zero-order chi connectivity index (χ0) is 19.7. The van der Waals surface area contributed by atoms with Crippen LogP contribution >= 0.6 is 0 Å². The molecule has 26 heavy (non-hydrogen) atoms. The Hall–Kier alpha value is -3.19. The van der Waals surface area contributed by atoms with Crippen molar-refractivity contribution in [1.82, 2.24) is 4.90 Å². The summed E-state index contributed by atoms with van der Waals surface area (Å²) in [5, 5.41) is 8.81. The van der Waals surface area contributed by atoms with Gasteiger partial charge < -0.3 is 15.2 Å². The summed E-state index contributed by atoms with van der Waals surface area (Å²) in [6.45, 7) is 5.19. The fraction of sp³-hybridized carbons (Fsp3) is 0.421. The quantitative estimate of drug-likeness (QED) is 0.715. The van der Waals surface area contributed by atoms with Crippen LogP contribution in [0.3, 0.4) is 0 Å². The second-order valence-corrected chi connectivity index (χ2v) is 6.05. The van der Waals surface area contributed by atoms with E-state index in [0.29, 0.717) is 11.3 Å². The fourth-order valence-electron chi connectivity index (χ4n) is 2.46. The van der Waals surface area contributed by atoms with Gasteiger partial charge in [0.25, 0.3) is 0 Å². The van der Waals surface area contributed by atoms with Gasteiger partial charge in [-0.05, 0) is 37.1 Å². The molecule has 2 amide bonds. The molecule has 0 aliphatic carbocycles. The van der Waals surface area contributed by atoms with Crippen molar-refractivity contribution in [1.29, 1.82) is 5.26 Å². The highest BCUT2D eigenvalue weighted by Crippen LogP contribution is 2.18. The highest BCUT2D eigenvalue weighted by atomic mass is 16.6. The maximum atomic E-state index is 12.4.